The molecule has 0 N–H and O–H groups in total. The van der Waals surface area contributed by atoms with Crippen LogP contribution in [-0.4, -0.2) is 41.1 Å². The smallest absolute Gasteiger partial charge is 0.416 e. The zero-order valence-electron chi connectivity index (χ0n) is 22.1. The standard InChI is InChI=1S/C28H31F3N4O3/c1-6-37-27(36)16-34(5)25-15-26-22(13-18(25)4)23(33-38-26)12-11-21-14-24(32-35(21)17(2)3)19-7-9-20(10-8-19)28(29,30)31/h7-10,13-15,17H,6,11-12,16H2,1-5H3. The maximum absolute atomic E-state index is 13.0. The zero-order chi connectivity index (χ0) is 27.6. The van der Waals surface area contributed by atoms with E-state index in [4.69, 9.17) is 9.26 Å². The van der Waals surface area contributed by atoms with Crippen LogP contribution in [-0.2, 0) is 28.5 Å². The number of nitrogens with zero attached hydrogens (tertiary/aromatic N) is 4. The Kier molecular flexibility index (Phi) is 7.80. The van der Waals surface area contributed by atoms with Gasteiger partial charge in [-0.3, -0.25) is 9.48 Å². The van der Waals surface area contributed by atoms with Crippen LogP contribution in [0.15, 0.2) is 47.0 Å². The molecule has 2 aromatic heterocycles. The molecule has 0 saturated carbocycles. The highest BCUT2D eigenvalue weighted by atomic mass is 19.4. The molecule has 2 heterocycles. The first kappa shape index (κ1) is 27.2. The highest BCUT2D eigenvalue weighted by molar-refractivity contribution is 5.86. The molecule has 0 amide bonds. The third-order valence-electron chi connectivity index (χ3n) is 6.37. The number of hydrogen-bond acceptors (Lipinski definition) is 6. The number of fused-ring (bicyclic) bond motifs is 1. The van der Waals surface area contributed by atoms with Crippen molar-refractivity contribution in [3.63, 3.8) is 0 Å². The number of aromatic nitrogens is 3. The fourth-order valence-corrected chi connectivity index (χ4v) is 4.49. The predicted molar refractivity (Wildman–Crippen MR) is 139 cm³/mol. The quantitative estimate of drug-likeness (QED) is 0.235. The van der Waals surface area contributed by atoms with Crippen molar-refractivity contribution in [1.82, 2.24) is 14.9 Å². The van der Waals surface area contributed by atoms with Gasteiger partial charge >= 0.3 is 12.1 Å². The van der Waals surface area contributed by atoms with Gasteiger partial charge in [-0.2, -0.15) is 18.3 Å². The van der Waals surface area contributed by atoms with Crippen LogP contribution in [0.1, 0.15) is 49.3 Å². The number of aryl methyl sites for hydroxylation is 3. The van der Waals surface area contributed by atoms with Crippen molar-refractivity contribution >= 4 is 22.6 Å². The molecule has 0 aliphatic heterocycles. The fourth-order valence-electron chi connectivity index (χ4n) is 4.49. The number of hydrogen-bond donors (Lipinski definition) is 0. The van der Waals surface area contributed by atoms with Crippen LogP contribution in [0.5, 0.6) is 0 Å². The number of carbonyl (C=O) groups is 1. The van der Waals surface area contributed by atoms with Crippen molar-refractivity contribution in [2.75, 3.05) is 25.1 Å². The molecule has 0 spiro atoms. The maximum atomic E-state index is 13.0. The highest BCUT2D eigenvalue weighted by Gasteiger charge is 2.30. The lowest BCUT2D eigenvalue weighted by Gasteiger charge is -2.20. The van der Waals surface area contributed by atoms with E-state index in [1.807, 2.05) is 55.6 Å². The number of benzene rings is 2. The number of rotatable bonds is 9. The van der Waals surface area contributed by atoms with Crippen LogP contribution in [0.2, 0.25) is 0 Å². The van der Waals surface area contributed by atoms with Crippen molar-refractivity contribution in [3.8, 4) is 11.3 Å². The van der Waals surface area contributed by atoms with E-state index in [1.54, 1.807) is 6.92 Å². The van der Waals surface area contributed by atoms with Crippen molar-refractivity contribution in [1.29, 1.82) is 0 Å². The van der Waals surface area contributed by atoms with E-state index in [1.165, 1.54) is 12.1 Å². The van der Waals surface area contributed by atoms with Gasteiger partial charge in [0.05, 0.1) is 23.6 Å². The molecule has 0 radical (unpaired) electrons. The van der Waals surface area contributed by atoms with Gasteiger partial charge in [0.2, 0.25) is 0 Å². The molecule has 0 aliphatic carbocycles. The lowest BCUT2D eigenvalue weighted by molar-refractivity contribution is -0.141. The van der Waals surface area contributed by atoms with Gasteiger partial charge in [0.15, 0.2) is 5.58 Å². The van der Waals surface area contributed by atoms with Crippen LogP contribution in [0.4, 0.5) is 18.9 Å². The molecule has 38 heavy (non-hydrogen) atoms. The van der Waals surface area contributed by atoms with Gasteiger partial charge in [0.1, 0.15) is 6.54 Å². The number of esters is 1. The Hall–Kier alpha value is -3.82. The lowest BCUT2D eigenvalue weighted by Crippen LogP contribution is -2.27. The highest BCUT2D eigenvalue weighted by Crippen LogP contribution is 2.32. The number of alkyl halides is 3. The first-order chi connectivity index (χ1) is 18.0. The molecule has 0 saturated heterocycles. The number of halogens is 3. The van der Waals surface area contributed by atoms with Crippen LogP contribution in [0.25, 0.3) is 22.2 Å². The third-order valence-corrected chi connectivity index (χ3v) is 6.37. The molecule has 0 bridgehead atoms. The number of anilines is 1. The van der Waals surface area contributed by atoms with Crippen LogP contribution >= 0.6 is 0 Å². The molecule has 0 fully saturated rings. The van der Waals surface area contributed by atoms with Crippen LogP contribution in [0, 0.1) is 6.92 Å². The largest absolute Gasteiger partial charge is 0.465 e. The Labute approximate surface area is 219 Å². The summed E-state index contributed by atoms with van der Waals surface area (Å²) >= 11 is 0. The van der Waals surface area contributed by atoms with Crippen molar-refractivity contribution < 1.29 is 27.2 Å². The second kappa shape index (κ2) is 10.9. The summed E-state index contributed by atoms with van der Waals surface area (Å²) < 4.78 is 51.4. The molecule has 0 unspecified atom stereocenters. The fraction of sp³-hybridized carbons (Fsp3) is 0.393. The molecule has 0 atom stereocenters. The van der Waals surface area contributed by atoms with E-state index in [0.717, 1.165) is 40.2 Å². The second-order valence-electron chi connectivity index (χ2n) is 9.56. The lowest BCUT2D eigenvalue weighted by atomic mass is 10.0. The van der Waals surface area contributed by atoms with Gasteiger partial charge in [-0.15, -0.1) is 0 Å². The molecular weight excluding hydrogens is 497 g/mol. The average Bonchev–Trinajstić information content (AvgIpc) is 3.46. The molecule has 2 aromatic carbocycles. The molecule has 4 rings (SSSR count). The first-order valence-corrected chi connectivity index (χ1v) is 12.5. The van der Waals surface area contributed by atoms with E-state index >= 15 is 0 Å². The number of ether oxygens (including phenoxy) is 1. The van der Waals surface area contributed by atoms with Gasteiger partial charge < -0.3 is 14.2 Å². The van der Waals surface area contributed by atoms with E-state index in [2.05, 4.69) is 10.3 Å². The summed E-state index contributed by atoms with van der Waals surface area (Å²) in [5, 5.41) is 9.85. The Balaban J connectivity index is 1.54. The zero-order valence-corrected chi connectivity index (χ0v) is 22.1. The maximum Gasteiger partial charge on any atom is 0.416 e. The molecule has 10 heteroatoms. The Morgan fingerprint density at radius 2 is 1.84 bits per heavy atom. The van der Waals surface area contributed by atoms with Crippen molar-refractivity contribution in [3.05, 3.63) is 65.0 Å². The molecule has 202 valence electrons. The summed E-state index contributed by atoms with van der Waals surface area (Å²) in [5.41, 5.74) is 4.77. The van der Waals surface area contributed by atoms with Gasteiger partial charge in [-0.05, 0) is 70.4 Å². The monoisotopic (exact) mass is 528 g/mol. The van der Waals surface area contributed by atoms with Crippen molar-refractivity contribution in [2.45, 2.75) is 52.8 Å². The third kappa shape index (κ3) is 5.84. The van der Waals surface area contributed by atoms with E-state index in [0.29, 0.717) is 36.3 Å². The Bertz CT molecular complexity index is 1420. The molecule has 0 aliphatic rings. The summed E-state index contributed by atoms with van der Waals surface area (Å²) in [5.74, 6) is -0.301. The second-order valence-corrected chi connectivity index (χ2v) is 9.56. The van der Waals surface area contributed by atoms with Crippen LogP contribution < -0.4 is 4.90 Å². The summed E-state index contributed by atoms with van der Waals surface area (Å²) in [4.78, 5) is 13.7. The normalized spacial score (nSPS) is 11.9. The van der Waals surface area contributed by atoms with Gasteiger partial charge in [0.25, 0.3) is 0 Å². The van der Waals surface area contributed by atoms with E-state index < -0.39 is 11.7 Å². The van der Waals surface area contributed by atoms with Gasteiger partial charge in [-0.25, -0.2) is 0 Å². The average molecular weight is 529 g/mol. The minimum Gasteiger partial charge on any atom is -0.465 e. The predicted octanol–water partition coefficient (Wildman–Crippen LogP) is 6.38. The topological polar surface area (TPSA) is 73.4 Å². The van der Waals surface area contributed by atoms with Crippen molar-refractivity contribution in [2.24, 2.45) is 0 Å². The van der Waals surface area contributed by atoms with E-state index in [9.17, 15) is 18.0 Å². The minimum atomic E-state index is -4.38. The summed E-state index contributed by atoms with van der Waals surface area (Å²) in [6.45, 7) is 8.22. The Morgan fingerprint density at radius 1 is 1.13 bits per heavy atom. The molecule has 7 nitrogen and oxygen atoms in total. The first-order valence-electron chi connectivity index (χ1n) is 12.5. The minimum absolute atomic E-state index is 0.0713. The summed E-state index contributed by atoms with van der Waals surface area (Å²) in [6.07, 6.45) is -3.16. The number of carbonyl (C=O) groups excluding carboxylic acids is 1. The molecular formula is C28H31F3N4O3. The summed E-state index contributed by atoms with van der Waals surface area (Å²) in [7, 11) is 1.82. The SMILES string of the molecule is CCOC(=O)CN(C)c1cc2onc(CCc3cc(-c4ccc(C(F)(F)F)cc4)nn3C(C)C)c2cc1C. The Morgan fingerprint density at radius 3 is 2.47 bits per heavy atom. The van der Waals surface area contributed by atoms with Crippen LogP contribution in [0.3, 0.4) is 0 Å². The molecule has 4 aromatic rings. The number of likely N-dealkylation sites (N-methyl/N-ethyl adjacent to an activating group) is 1. The van der Waals surface area contributed by atoms with Gasteiger partial charge in [0, 0.05) is 41.5 Å². The summed E-state index contributed by atoms with van der Waals surface area (Å²) in [6, 6.07) is 10.9. The van der Waals surface area contributed by atoms with E-state index in [-0.39, 0.29) is 18.6 Å². The van der Waals surface area contributed by atoms with Gasteiger partial charge in [-0.1, -0.05) is 17.3 Å².